The Morgan fingerprint density at radius 3 is 1.85 bits per heavy atom. The monoisotopic (exact) mass is 392 g/mol. The van der Waals surface area contributed by atoms with Crippen LogP contribution in [0.15, 0.2) is 18.2 Å². The topological polar surface area (TPSA) is 71.4 Å². The minimum atomic E-state index is -0.303. The first-order valence-electron chi connectivity index (χ1n) is 5.91. The standard InChI is InChI=1S/C9H5IO3.C5H14NO/c10-9(13)8-6(4-11)2-1-3-7(8)5-12;1-6(2,3)4-5-7/h1-5H;7H,4-5H2,1-3H3/q;+1. The predicted molar refractivity (Wildman–Crippen MR) is 85.6 cm³/mol. The number of nitrogens with zero attached hydrogens (tertiary/aromatic N) is 1. The molecule has 0 bridgehead atoms. The summed E-state index contributed by atoms with van der Waals surface area (Å²) in [6, 6.07) is 4.58. The molecule has 1 N–H and O–H groups in total. The molecule has 0 radical (unpaired) electrons. The van der Waals surface area contributed by atoms with Gasteiger partial charge in [-0.15, -0.1) is 0 Å². The molecule has 0 aromatic heterocycles. The van der Waals surface area contributed by atoms with Crippen LogP contribution in [0.4, 0.5) is 0 Å². The number of carbonyl (C=O) groups excluding carboxylic acids is 3. The van der Waals surface area contributed by atoms with Crippen molar-refractivity contribution in [2.24, 2.45) is 0 Å². The predicted octanol–water partition coefficient (Wildman–Crippen LogP) is 1.57. The fourth-order valence-corrected chi connectivity index (χ4v) is 1.93. The lowest BCUT2D eigenvalue weighted by molar-refractivity contribution is -0.870. The largest absolute Gasteiger partial charge is 0.391 e. The van der Waals surface area contributed by atoms with Crippen LogP contribution in [0.1, 0.15) is 31.1 Å². The molecule has 1 rings (SSSR count). The summed E-state index contributed by atoms with van der Waals surface area (Å²) in [7, 11) is 6.16. The fourth-order valence-electron chi connectivity index (χ4n) is 1.31. The average molecular weight is 392 g/mol. The summed E-state index contributed by atoms with van der Waals surface area (Å²) in [6.45, 7) is 1.11. The lowest BCUT2D eigenvalue weighted by atomic mass is 10.0. The summed E-state index contributed by atoms with van der Waals surface area (Å²) in [4.78, 5) is 32.1. The van der Waals surface area contributed by atoms with Gasteiger partial charge in [-0.25, -0.2) is 0 Å². The maximum absolute atomic E-state index is 11.1. The smallest absolute Gasteiger partial charge is 0.223 e. The van der Waals surface area contributed by atoms with Gasteiger partial charge in [0.05, 0.1) is 27.7 Å². The van der Waals surface area contributed by atoms with Crippen LogP contribution in [0, 0.1) is 0 Å². The highest BCUT2D eigenvalue weighted by Crippen LogP contribution is 2.15. The van der Waals surface area contributed by atoms with Gasteiger partial charge in [0, 0.05) is 39.3 Å². The number of halogens is 1. The minimum Gasteiger partial charge on any atom is -0.391 e. The van der Waals surface area contributed by atoms with E-state index in [0.717, 1.165) is 11.0 Å². The zero-order valence-electron chi connectivity index (χ0n) is 11.8. The number of carbonyl (C=O) groups is 3. The van der Waals surface area contributed by atoms with Gasteiger partial charge in [0.2, 0.25) is 3.79 Å². The summed E-state index contributed by atoms with van der Waals surface area (Å²) >= 11 is 1.55. The average Bonchev–Trinajstić information content (AvgIpc) is 2.36. The first kappa shape index (κ1) is 18.9. The number of hydrogen-bond acceptors (Lipinski definition) is 4. The van der Waals surface area contributed by atoms with E-state index in [-0.39, 0.29) is 27.1 Å². The number of aliphatic hydroxyl groups is 1. The van der Waals surface area contributed by atoms with Crippen LogP contribution in [0.3, 0.4) is 0 Å². The summed E-state index contributed by atoms with van der Waals surface area (Å²) in [5, 5.41) is 8.39. The van der Waals surface area contributed by atoms with Gasteiger partial charge in [-0.3, -0.25) is 14.4 Å². The zero-order valence-corrected chi connectivity index (χ0v) is 14.0. The van der Waals surface area contributed by atoms with Crippen molar-refractivity contribution in [2.45, 2.75) is 0 Å². The van der Waals surface area contributed by atoms with Crippen molar-refractivity contribution in [2.75, 3.05) is 34.3 Å². The van der Waals surface area contributed by atoms with Gasteiger partial charge >= 0.3 is 0 Å². The summed E-state index contributed by atoms with van der Waals surface area (Å²) in [6.07, 6.45) is 1.14. The van der Waals surface area contributed by atoms with Gasteiger partial charge in [-0.05, 0) is 0 Å². The molecule has 6 heteroatoms. The third kappa shape index (κ3) is 6.88. The van der Waals surface area contributed by atoms with E-state index in [2.05, 4.69) is 21.1 Å². The SMILES string of the molecule is C[N+](C)(C)CCO.O=Cc1cccc(C=O)c1C(=O)I. The molecule has 1 aromatic rings. The van der Waals surface area contributed by atoms with Crippen LogP contribution >= 0.6 is 22.6 Å². The lowest BCUT2D eigenvalue weighted by Crippen LogP contribution is -2.36. The van der Waals surface area contributed by atoms with Gasteiger partial charge in [0.25, 0.3) is 0 Å². The van der Waals surface area contributed by atoms with E-state index in [1.807, 2.05) is 0 Å². The molecule has 0 aliphatic rings. The van der Waals surface area contributed by atoms with E-state index in [1.165, 1.54) is 12.1 Å². The summed E-state index contributed by atoms with van der Waals surface area (Å²) in [5.41, 5.74) is 0.695. The Bertz CT molecular complexity index is 454. The molecule has 0 amide bonds. The number of likely N-dealkylation sites (N-methyl/N-ethyl adjacent to an activating group) is 1. The number of quaternary nitrogens is 1. The molecule has 0 atom stereocenters. The van der Waals surface area contributed by atoms with E-state index in [0.29, 0.717) is 12.6 Å². The van der Waals surface area contributed by atoms with Crippen molar-refractivity contribution >= 4 is 39.0 Å². The maximum atomic E-state index is 11.1. The highest BCUT2D eigenvalue weighted by Gasteiger charge is 2.12. The van der Waals surface area contributed by atoms with E-state index >= 15 is 0 Å². The van der Waals surface area contributed by atoms with Crippen LogP contribution in [0.2, 0.25) is 0 Å². The Balaban J connectivity index is 0.000000441. The van der Waals surface area contributed by atoms with Crippen molar-refractivity contribution < 1.29 is 24.0 Å². The van der Waals surface area contributed by atoms with Gasteiger partial charge < -0.3 is 9.59 Å². The summed E-state index contributed by atoms with van der Waals surface area (Å²) in [5.74, 6) is 0. The van der Waals surface area contributed by atoms with Crippen molar-refractivity contribution in [1.29, 1.82) is 0 Å². The van der Waals surface area contributed by atoms with E-state index in [4.69, 9.17) is 5.11 Å². The quantitative estimate of drug-likeness (QED) is 0.358. The molecule has 0 unspecified atom stereocenters. The third-order valence-corrected chi connectivity index (χ3v) is 2.89. The van der Waals surface area contributed by atoms with Crippen LogP contribution in [0.5, 0.6) is 0 Å². The zero-order chi connectivity index (χ0) is 15.8. The van der Waals surface area contributed by atoms with Gasteiger partial charge in [-0.2, -0.15) is 0 Å². The molecule has 0 aliphatic carbocycles. The van der Waals surface area contributed by atoms with Gasteiger partial charge in [0.1, 0.15) is 6.54 Å². The Hall–Kier alpha value is -1.12. The van der Waals surface area contributed by atoms with Crippen LogP contribution in [0.25, 0.3) is 0 Å². The Morgan fingerprint density at radius 1 is 1.20 bits per heavy atom. The number of rotatable bonds is 5. The van der Waals surface area contributed by atoms with Gasteiger partial charge in [0.15, 0.2) is 12.6 Å². The van der Waals surface area contributed by atoms with Crippen LogP contribution in [-0.2, 0) is 0 Å². The molecule has 5 nitrogen and oxygen atoms in total. The van der Waals surface area contributed by atoms with Crippen molar-refractivity contribution in [3.63, 3.8) is 0 Å². The molecular formula is C14H19INO4+. The molecule has 0 saturated carbocycles. The highest BCUT2D eigenvalue weighted by molar-refractivity contribution is 14.1. The Morgan fingerprint density at radius 2 is 1.65 bits per heavy atom. The molecule has 0 heterocycles. The van der Waals surface area contributed by atoms with Gasteiger partial charge in [-0.1, -0.05) is 18.2 Å². The van der Waals surface area contributed by atoms with E-state index in [9.17, 15) is 14.4 Å². The number of hydrogen-bond donors (Lipinski definition) is 1. The second-order valence-corrected chi connectivity index (χ2v) is 6.04. The molecule has 1 aromatic carbocycles. The number of aldehydes is 2. The normalized spacial score (nSPS) is 10.2. The molecule has 0 aliphatic heterocycles. The van der Waals surface area contributed by atoms with Crippen LogP contribution < -0.4 is 0 Å². The second-order valence-electron chi connectivity index (χ2n) is 5.06. The highest BCUT2D eigenvalue weighted by atomic mass is 127. The molecular weight excluding hydrogens is 373 g/mol. The number of benzene rings is 1. The molecule has 0 fully saturated rings. The van der Waals surface area contributed by atoms with E-state index in [1.54, 1.807) is 28.7 Å². The molecule has 20 heavy (non-hydrogen) atoms. The van der Waals surface area contributed by atoms with Crippen molar-refractivity contribution in [1.82, 2.24) is 0 Å². The van der Waals surface area contributed by atoms with Crippen molar-refractivity contribution in [3.05, 3.63) is 34.9 Å². The third-order valence-electron chi connectivity index (χ3n) is 2.35. The van der Waals surface area contributed by atoms with Crippen molar-refractivity contribution in [3.8, 4) is 0 Å². The molecule has 0 spiro atoms. The maximum Gasteiger partial charge on any atom is 0.223 e. The minimum absolute atomic E-state index is 0.188. The van der Waals surface area contributed by atoms with Crippen LogP contribution in [-0.4, -0.2) is 60.2 Å². The van der Waals surface area contributed by atoms with E-state index < -0.39 is 0 Å². The summed E-state index contributed by atoms with van der Waals surface area (Å²) < 4.78 is 0.540. The number of aliphatic hydroxyl groups excluding tert-OH is 1. The first-order chi connectivity index (χ1) is 9.26. The fraction of sp³-hybridized carbons (Fsp3) is 0.357. The Labute approximate surface area is 132 Å². The lowest BCUT2D eigenvalue weighted by Gasteiger charge is -2.21. The molecule has 110 valence electrons. The Kier molecular flexibility index (Phi) is 8.43. The second kappa shape index (κ2) is 8.93. The molecule has 0 saturated heterocycles. The first-order valence-corrected chi connectivity index (χ1v) is 6.99.